The Morgan fingerprint density at radius 2 is 1.82 bits per heavy atom. The van der Waals surface area contributed by atoms with Crippen molar-refractivity contribution in [2.24, 2.45) is 5.73 Å². The van der Waals surface area contributed by atoms with E-state index in [1.165, 1.54) is 0 Å². The Bertz CT molecular complexity index is 602. The van der Waals surface area contributed by atoms with Crippen molar-refractivity contribution in [3.63, 3.8) is 0 Å². The van der Waals surface area contributed by atoms with Crippen LogP contribution < -0.4 is 15.8 Å². The fourth-order valence-electron chi connectivity index (χ4n) is 1.85. The van der Waals surface area contributed by atoms with Crippen molar-refractivity contribution in [2.45, 2.75) is 25.9 Å². The van der Waals surface area contributed by atoms with E-state index in [0.717, 1.165) is 5.56 Å². The minimum atomic E-state index is -1.50. The van der Waals surface area contributed by atoms with Crippen LogP contribution in [0.5, 0.6) is 5.75 Å². The molecule has 2 aromatic rings. The zero-order chi connectivity index (χ0) is 15.9. The van der Waals surface area contributed by atoms with E-state index in [0.29, 0.717) is 17.9 Å². The molecule has 2 unspecified atom stereocenters. The average Bonchev–Trinajstić information content (AvgIpc) is 2.54. The van der Waals surface area contributed by atoms with E-state index in [4.69, 9.17) is 10.5 Å². The summed E-state index contributed by atoms with van der Waals surface area (Å²) < 4.78 is 19.2. The van der Waals surface area contributed by atoms with Crippen LogP contribution in [0.4, 0.5) is 4.39 Å². The van der Waals surface area contributed by atoms with Gasteiger partial charge in [0.15, 0.2) is 0 Å². The van der Waals surface area contributed by atoms with Crippen LogP contribution in [-0.4, -0.2) is 11.9 Å². The van der Waals surface area contributed by atoms with E-state index in [2.05, 4.69) is 5.32 Å². The maximum atomic E-state index is 14.0. The molecular formula is C17H19FN2O2. The van der Waals surface area contributed by atoms with Crippen LogP contribution in [0.1, 0.15) is 24.4 Å². The van der Waals surface area contributed by atoms with E-state index in [9.17, 15) is 9.18 Å². The minimum absolute atomic E-state index is 0.399. The summed E-state index contributed by atoms with van der Waals surface area (Å²) in [6.07, 6.45) is -1.50. The van der Waals surface area contributed by atoms with Gasteiger partial charge in [0.25, 0.3) is 6.36 Å². The van der Waals surface area contributed by atoms with Crippen LogP contribution in [0.15, 0.2) is 54.6 Å². The minimum Gasteiger partial charge on any atom is -0.456 e. The number of halogens is 1. The fraction of sp³-hybridized carbons (Fsp3) is 0.235. The van der Waals surface area contributed by atoms with Gasteiger partial charge < -0.3 is 15.8 Å². The fourth-order valence-corrected chi connectivity index (χ4v) is 1.85. The van der Waals surface area contributed by atoms with Gasteiger partial charge in [0.2, 0.25) is 5.91 Å². The normalized spacial score (nSPS) is 13.4. The van der Waals surface area contributed by atoms with Crippen LogP contribution in [-0.2, 0) is 11.3 Å². The topological polar surface area (TPSA) is 64.3 Å². The van der Waals surface area contributed by atoms with Crippen molar-refractivity contribution in [3.05, 3.63) is 65.7 Å². The molecule has 0 saturated carbocycles. The number of carbonyl (C=O) groups excluding carboxylic acids is 1. The second-order valence-electron chi connectivity index (χ2n) is 4.99. The van der Waals surface area contributed by atoms with Crippen LogP contribution in [0.25, 0.3) is 0 Å². The number of hydrogen-bond acceptors (Lipinski definition) is 3. The Kier molecular flexibility index (Phi) is 5.49. The molecule has 0 spiro atoms. The van der Waals surface area contributed by atoms with Gasteiger partial charge in [-0.05, 0) is 24.6 Å². The predicted octanol–water partition coefficient (Wildman–Crippen LogP) is 2.70. The van der Waals surface area contributed by atoms with Gasteiger partial charge in [-0.2, -0.15) is 4.39 Å². The maximum Gasteiger partial charge on any atom is 0.264 e. The van der Waals surface area contributed by atoms with Crippen LogP contribution in [0.2, 0.25) is 0 Å². The summed E-state index contributed by atoms with van der Waals surface area (Å²) in [4.78, 5) is 10.9. The second kappa shape index (κ2) is 7.56. The Morgan fingerprint density at radius 3 is 2.41 bits per heavy atom. The molecule has 2 aromatic carbocycles. The van der Waals surface area contributed by atoms with Gasteiger partial charge in [0.05, 0.1) is 6.04 Å². The molecule has 0 aliphatic rings. The highest BCUT2D eigenvalue weighted by Crippen LogP contribution is 2.23. The van der Waals surface area contributed by atoms with Crippen molar-refractivity contribution in [2.75, 3.05) is 0 Å². The highest BCUT2D eigenvalue weighted by Gasteiger charge is 2.11. The van der Waals surface area contributed by atoms with Crippen molar-refractivity contribution >= 4 is 5.91 Å². The molecule has 0 radical (unpaired) electrons. The molecular weight excluding hydrogens is 283 g/mol. The quantitative estimate of drug-likeness (QED) is 0.826. The number of benzene rings is 2. The number of nitrogens with one attached hydrogen (secondary N) is 1. The zero-order valence-electron chi connectivity index (χ0n) is 12.3. The standard InChI is InChI=1S/C17H19FN2O2/c1-12(17(19)21)20-11-13-7-9-15(10-8-13)22-16(18)14-5-3-2-4-6-14/h2-10,12,16,20H,11H2,1H3,(H2,19,21). The first kappa shape index (κ1) is 16.0. The van der Waals surface area contributed by atoms with E-state index in [1.54, 1.807) is 43.3 Å². The molecule has 2 rings (SSSR count). The summed E-state index contributed by atoms with van der Waals surface area (Å²) in [5, 5.41) is 3.00. The second-order valence-corrected chi connectivity index (χ2v) is 4.99. The number of nitrogens with two attached hydrogens (primary N) is 1. The highest BCUT2D eigenvalue weighted by atomic mass is 19.1. The zero-order valence-corrected chi connectivity index (χ0v) is 12.3. The predicted molar refractivity (Wildman–Crippen MR) is 82.9 cm³/mol. The first-order chi connectivity index (χ1) is 10.6. The van der Waals surface area contributed by atoms with Gasteiger partial charge in [0, 0.05) is 12.1 Å². The van der Waals surface area contributed by atoms with E-state index in [-0.39, 0.29) is 0 Å². The summed E-state index contributed by atoms with van der Waals surface area (Å²) in [6, 6.07) is 15.3. The van der Waals surface area contributed by atoms with E-state index in [1.807, 2.05) is 18.2 Å². The van der Waals surface area contributed by atoms with Gasteiger partial charge in [-0.15, -0.1) is 0 Å². The van der Waals surface area contributed by atoms with Gasteiger partial charge in [-0.1, -0.05) is 42.5 Å². The monoisotopic (exact) mass is 302 g/mol. The third kappa shape index (κ3) is 4.56. The van der Waals surface area contributed by atoms with Gasteiger partial charge >= 0.3 is 0 Å². The Hall–Kier alpha value is -2.40. The summed E-state index contributed by atoms with van der Waals surface area (Å²) in [5.74, 6) is 0.0474. The van der Waals surface area contributed by atoms with Crippen LogP contribution in [0, 0.1) is 0 Å². The highest BCUT2D eigenvalue weighted by molar-refractivity contribution is 5.79. The molecule has 0 aliphatic heterocycles. The maximum absolute atomic E-state index is 14.0. The van der Waals surface area contributed by atoms with Crippen LogP contribution >= 0.6 is 0 Å². The first-order valence-corrected chi connectivity index (χ1v) is 7.03. The molecule has 0 heterocycles. The number of hydrogen-bond donors (Lipinski definition) is 2. The van der Waals surface area contributed by atoms with Gasteiger partial charge in [-0.3, -0.25) is 4.79 Å². The lowest BCUT2D eigenvalue weighted by Crippen LogP contribution is -2.38. The smallest absolute Gasteiger partial charge is 0.264 e. The number of alkyl halides is 1. The molecule has 3 N–H and O–H groups in total. The number of rotatable bonds is 7. The molecule has 0 fully saturated rings. The van der Waals surface area contributed by atoms with Gasteiger partial charge in [0.1, 0.15) is 5.75 Å². The largest absolute Gasteiger partial charge is 0.456 e. The third-order valence-corrected chi connectivity index (χ3v) is 3.26. The molecule has 0 aliphatic carbocycles. The summed E-state index contributed by atoms with van der Waals surface area (Å²) >= 11 is 0. The van der Waals surface area contributed by atoms with Gasteiger partial charge in [-0.25, -0.2) is 0 Å². The lowest BCUT2D eigenvalue weighted by molar-refractivity contribution is -0.119. The Balaban J connectivity index is 1.90. The Labute approximate surface area is 129 Å². The SMILES string of the molecule is CC(NCc1ccc(OC(F)c2ccccc2)cc1)C(N)=O. The summed E-state index contributed by atoms with van der Waals surface area (Å²) in [6.45, 7) is 2.20. The first-order valence-electron chi connectivity index (χ1n) is 7.03. The molecule has 0 aromatic heterocycles. The third-order valence-electron chi connectivity index (χ3n) is 3.26. The molecule has 116 valence electrons. The number of amides is 1. The molecule has 2 atom stereocenters. The summed E-state index contributed by atoms with van der Waals surface area (Å²) in [7, 11) is 0. The van der Waals surface area contributed by atoms with Crippen LogP contribution in [0.3, 0.4) is 0 Å². The van der Waals surface area contributed by atoms with Crippen molar-refractivity contribution in [1.29, 1.82) is 0 Å². The Morgan fingerprint density at radius 1 is 1.18 bits per heavy atom. The number of carbonyl (C=O) groups is 1. The lowest BCUT2D eigenvalue weighted by Gasteiger charge is -2.13. The molecule has 4 nitrogen and oxygen atoms in total. The summed E-state index contributed by atoms with van der Waals surface area (Å²) in [5.41, 5.74) is 6.60. The van der Waals surface area contributed by atoms with Crippen molar-refractivity contribution < 1.29 is 13.9 Å². The van der Waals surface area contributed by atoms with Crippen molar-refractivity contribution in [3.8, 4) is 5.75 Å². The molecule has 0 bridgehead atoms. The molecule has 22 heavy (non-hydrogen) atoms. The molecule has 1 amide bonds. The van der Waals surface area contributed by atoms with Crippen molar-refractivity contribution in [1.82, 2.24) is 5.32 Å². The van der Waals surface area contributed by atoms with E-state index >= 15 is 0 Å². The number of primary amides is 1. The number of ether oxygens (including phenoxy) is 1. The lowest BCUT2D eigenvalue weighted by atomic mass is 10.2. The molecule has 5 heteroatoms. The van der Waals surface area contributed by atoms with E-state index < -0.39 is 18.3 Å². The molecule has 0 saturated heterocycles. The average molecular weight is 302 g/mol.